The molecule has 5 nitrogen and oxygen atoms in total. The molecule has 0 saturated carbocycles. The molecule has 3 rings (SSSR count). The number of carbonyl (C=O) groups excluding carboxylic acids is 1. The number of aromatic hydroxyl groups is 2. The molecule has 1 amide bonds. The molecule has 0 saturated heterocycles. The van der Waals surface area contributed by atoms with Crippen LogP contribution in [0.5, 0.6) is 11.5 Å². The van der Waals surface area contributed by atoms with Crippen LogP contribution in [0.4, 0.5) is 0 Å². The van der Waals surface area contributed by atoms with Crippen LogP contribution in [-0.2, 0) is 24.2 Å². The van der Waals surface area contributed by atoms with Crippen LogP contribution >= 0.6 is 0 Å². The highest BCUT2D eigenvalue weighted by atomic mass is 16.3. The van der Waals surface area contributed by atoms with Crippen LogP contribution in [0.3, 0.4) is 0 Å². The predicted molar refractivity (Wildman–Crippen MR) is 118 cm³/mol. The Bertz CT molecular complexity index is 1010. The van der Waals surface area contributed by atoms with E-state index in [2.05, 4.69) is 17.4 Å². The second kappa shape index (κ2) is 9.46. The zero-order chi connectivity index (χ0) is 21.7. The molecule has 5 N–H and O–H groups in total. The van der Waals surface area contributed by atoms with Gasteiger partial charge in [0.25, 0.3) is 0 Å². The van der Waals surface area contributed by atoms with Crippen LogP contribution in [0.15, 0.2) is 60.7 Å². The van der Waals surface area contributed by atoms with E-state index in [1.54, 1.807) is 18.2 Å². The topological polar surface area (TPSA) is 95.6 Å². The van der Waals surface area contributed by atoms with Gasteiger partial charge in [0.15, 0.2) is 0 Å². The molecule has 1 atom stereocenters. The van der Waals surface area contributed by atoms with Gasteiger partial charge in [-0.1, -0.05) is 36.4 Å². The monoisotopic (exact) mass is 404 g/mol. The van der Waals surface area contributed by atoms with E-state index in [-0.39, 0.29) is 24.0 Å². The quantitative estimate of drug-likeness (QED) is 0.485. The molecule has 0 unspecified atom stereocenters. The summed E-state index contributed by atoms with van der Waals surface area (Å²) in [7, 11) is 0. The van der Waals surface area contributed by atoms with Crippen molar-refractivity contribution in [1.29, 1.82) is 0 Å². The van der Waals surface area contributed by atoms with E-state index in [0.29, 0.717) is 12.0 Å². The maximum atomic E-state index is 12.5. The smallest absolute Gasteiger partial charge is 0.237 e. The lowest BCUT2D eigenvalue weighted by molar-refractivity contribution is -0.122. The Morgan fingerprint density at radius 1 is 0.967 bits per heavy atom. The molecule has 5 heteroatoms. The van der Waals surface area contributed by atoms with Crippen molar-refractivity contribution in [2.75, 3.05) is 0 Å². The van der Waals surface area contributed by atoms with Crippen molar-refractivity contribution in [3.8, 4) is 11.5 Å². The van der Waals surface area contributed by atoms with Gasteiger partial charge in [-0.05, 0) is 78.8 Å². The molecule has 0 spiro atoms. The number of amides is 1. The third-order valence-electron chi connectivity index (χ3n) is 5.29. The van der Waals surface area contributed by atoms with Gasteiger partial charge < -0.3 is 21.3 Å². The van der Waals surface area contributed by atoms with Gasteiger partial charge in [-0.3, -0.25) is 4.79 Å². The first-order chi connectivity index (χ1) is 14.3. The van der Waals surface area contributed by atoms with Crippen molar-refractivity contribution >= 4 is 5.91 Å². The zero-order valence-corrected chi connectivity index (χ0v) is 17.4. The molecule has 3 aromatic rings. The van der Waals surface area contributed by atoms with Gasteiger partial charge >= 0.3 is 0 Å². The van der Waals surface area contributed by atoms with E-state index >= 15 is 0 Å². The van der Waals surface area contributed by atoms with Crippen LogP contribution in [0.25, 0.3) is 0 Å². The van der Waals surface area contributed by atoms with E-state index in [9.17, 15) is 15.0 Å². The maximum Gasteiger partial charge on any atom is 0.237 e. The number of phenols is 2. The molecule has 0 aliphatic rings. The average molecular weight is 405 g/mol. The maximum absolute atomic E-state index is 12.5. The van der Waals surface area contributed by atoms with Crippen molar-refractivity contribution < 1.29 is 15.0 Å². The molecule has 30 heavy (non-hydrogen) atoms. The van der Waals surface area contributed by atoms with Gasteiger partial charge in [-0.25, -0.2) is 0 Å². The predicted octanol–water partition coefficient (Wildman–Crippen LogP) is 3.49. The van der Waals surface area contributed by atoms with Crippen LogP contribution in [0, 0.1) is 13.8 Å². The first kappa shape index (κ1) is 21.4. The minimum absolute atomic E-state index is 0.144. The lowest BCUT2D eigenvalue weighted by Crippen LogP contribution is -2.42. The molecule has 0 aromatic heterocycles. The number of carbonyl (C=O) groups is 1. The van der Waals surface area contributed by atoms with Crippen molar-refractivity contribution in [2.45, 2.75) is 39.3 Å². The van der Waals surface area contributed by atoms with Gasteiger partial charge in [0.2, 0.25) is 5.91 Å². The number of aryl methyl sites for hydroxylation is 2. The Kier molecular flexibility index (Phi) is 6.75. The second-order valence-electron chi connectivity index (χ2n) is 7.71. The van der Waals surface area contributed by atoms with Gasteiger partial charge in [-0.2, -0.15) is 0 Å². The summed E-state index contributed by atoms with van der Waals surface area (Å²) in [6.07, 6.45) is 1.13. The van der Waals surface area contributed by atoms with E-state index in [1.807, 2.05) is 44.2 Å². The minimum atomic E-state index is -0.721. The summed E-state index contributed by atoms with van der Waals surface area (Å²) in [5.74, 6) is 0.0678. The highest BCUT2D eigenvalue weighted by molar-refractivity contribution is 5.82. The van der Waals surface area contributed by atoms with Crippen LogP contribution in [0.1, 0.15) is 33.4 Å². The largest absolute Gasteiger partial charge is 0.508 e. The summed E-state index contributed by atoms with van der Waals surface area (Å²) in [6.45, 7) is 3.99. The third-order valence-corrected chi connectivity index (χ3v) is 5.29. The third kappa shape index (κ3) is 5.39. The first-order valence-corrected chi connectivity index (χ1v) is 10.0. The zero-order valence-electron chi connectivity index (χ0n) is 17.4. The molecular weight excluding hydrogens is 376 g/mol. The molecular formula is C25H28N2O3. The highest BCUT2D eigenvalue weighted by Crippen LogP contribution is 2.22. The number of hydrogen-bond donors (Lipinski definition) is 4. The van der Waals surface area contributed by atoms with Gasteiger partial charge in [0.1, 0.15) is 11.5 Å². The number of benzene rings is 3. The molecule has 0 aliphatic heterocycles. The number of nitrogens with one attached hydrogen (secondary N) is 1. The van der Waals surface area contributed by atoms with Crippen molar-refractivity contribution in [3.05, 3.63) is 94.0 Å². The highest BCUT2D eigenvalue weighted by Gasteiger charge is 2.17. The standard InChI is InChI=1S/C25H28N2O3/c1-16-10-21(28)11-17(2)22(16)14-23(26)25(30)27-15-20-13-19(8-9-24(20)29)12-18-6-4-3-5-7-18/h3-11,13,23,28-29H,12,14-15,26H2,1-2H3,(H,27,30)/t23-/m0/s1. The molecule has 0 fully saturated rings. The Morgan fingerprint density at radius 2 is 1.63 bits per heavy atom. The van der Waals surface area contributed by atoms with Crippen LogP contribution < -0.4 is 11.1 Å². The summed E-state index contributed by atoms with van der Waals surface area (Å²) in [6, 6.07) is 18.1. The van der Waals surface area contributed by atoms with E-state index in [4.69, 9.17) is 5.73 Å². The number of hydrogen-bond acceptors (Lipinski definition) is 4. The van der Waals surface area contributed by atoms with E-state index < -0.39 is 6.04 Å². The summed E-state index contributed by atoms with van der Waals surface area (Å²) in [4.78, 5) is 12.5. The minimum Gasteiger partial charge on any atom is -0.508 e. The molecule has 0 radical (unpaired) electrons. The average Bonchev–Trinajstić information content (AvgIpc) is 2.71. The number of phenolic OH excluding ortho intramolecular Hbond substituents is 2. The van der Waals surface area contributed by atoms with Gasteiger partial charge in [0, 0.05) is 12.1 Å². The second-order valence-corrected chi connectivity index (χ2v) is 7.71. The fourth-order valence-electron chi connectivity index (χ4n) is 3.64. The van der Waals surface area contributed by atoms with Crippen molar-refractivity contribution in [3.63, 3.8) is 0 Å². The summed E-state index contributed by atoms with van der Waals surface area (Å²) in [5, 5.41) is 22.7. The normalized spacial score (nSPS) is 11.8. The lowest BCUT2D eigenvalue weighted by atomic mass is 9.96. The molecule has 3 aromatic carbocycles. The molecule has 156 valence electrons. The first-order valence-electron chi connectivity index (χ1n) is 10.0. The lowest BCUT2D eigenvalue weighted by Gasteiger charge is -2.16. The van der Waals surface area contributed by atoms with Gasteiger partial charge in [-0.15, -0.1) is 0 Å². The van der Waals surface area contributed by atoms with Crippen molar-refractivity contribution in [2.24, 2.45) is 5.73 Å². The fourth-order valence-corrected chi connectivity index (χ4v) is 3.64. The Labute approximate surface area is 177 Å². The number of nitrogens with two attached hydrogens (primary N) is 1. The fraction of sp³-hybridized carbons (Fsp3) is 0.240. The number of rotatable bonds is 7. The molecule has 0 bridgehead atoms. The van der Waals surface area contributed by atoms with Crippen molar-refractivity contribution in [1.82, 2.24) is 5.32 Å². The van der Waals surface area contributed by atoms with Crippen LogP contribution in [-0.4, -0.2) is 22.2 Å². The summed E-state index contributed by atoms with van der Waals surface area (Å²) >= 11 is 0. The Morgan fingerprint density at radius 3 is 2.30 bits per heavy atom. The van der Waals surface area contributed by atoms with Gasteiger partial charge in [0.05, 0.1) is 6.04 Å². The Balaban J connectivity index is 1.63. The van der Waals surface area contributed by atoms with Crippen LogP contribution in [0.2, 0.25) is 0 Å². The SMILES string of the molecule is Cc1cc(O)cc(C)c1C[C@H](N)C(=O)NCc1cc(Cc2ccccc2)ccc1O. The van der Waals surface area contributed by atoms with E-state index in [1.165, 1.54) is 5.56 Å². The van der Waals surface area contributed by atoms with E-state index in [0.717, 1.165) is 28.7 Å². The summed E-state index contributed by atoms with van der Waals surface area (Å²) in [5.41, 5.74) is 11.8. The molecule has 0 aliphatic carbocycles. The summed E-state index contributed by atoms with van der Waals surface area (Å²) < 4.78 is 0. The Hall–Kier alpha value is -3.31. The molecule has 0 heterocycles.